The van der Waals surface area contributed by atoms with Crippen molar-refractivity contribution in [3.63, 3.8) is 0 Å². The van der Waals surface area contributed by atoms with Crippen molar-refractivity contribution in [2.24, 2.45) is 0 Å². The van der Waals surface area contributed by atoms with Crippen molar-refractivity contribution in [2.75, 3.05) is 0 Å². The number of rotatable bonds is 22. The van der Waals surface area contributed by atoms with Crippen molar-refractivity contribution in [1.29, 1.82) is 0 Å². The van der Waals surface area contributed by atoms with E-state index in [0.717, 1.165) is 141 Å². The molecule has 6 nitrogen and oxygen atoms in total. The number of hydrogen-bond donors (Lipinski definition) is 0. The molecule has 0 aliphatic carbocycles. The largest absolute Gasteiger partial charge is 3.00 e. The summed E-state index contributed by atoms with van der Waals surface area (Å²) in [7, 11) is 0. The molecule has 15 rings (SSSR count). The van der Waals surface area contributed by atoms with Crippen LogP contribution in [0.15, 0.2) is 304 Å². The molecule has 0 unspecified atom stereocenters. The quantitative estimate of drug-likeness (QED) is 0.0629. The summed E-state index contributed by atoms with van der Waals surface area (Å²) in [4.78, 5) is 27.7. The molecule has 0 atom stereocenters. The number of benzene rings is 10. The van der Waals surface area contributed by atoms with Gasteiger partial charge in [0.2, 0.25) is 0 Å². The molecule has 0 saturated heterocycles. The Morgan fingerprint density at radius 2 is 0.460 bits per heavy atom. The van der Waals surface area contributed by atoms with Crippen molar-refractivity contribution >= 4 is 0 Å². The van der Waals surface area contributed by atoms with Gasteiger partial charge < -0.3 is 19.9 Å². The van der Waals surface area contributed by atoms with Crippen LogP contribution in [0.25, 0.3) is 112 Å². The van der Waals surface area contributed by atoms with Crippen molar-refractivity contribution in [1.82, 2.24) is 29.9 Å². The van der Waals surface area contributed by atoms with Crippen LogP contribution in [0.5, 0.6) is 0 Å². The molecule has 5 aromatic heterocycles. The Hall–Kier alpha value is -10.8. The second-order valence-corrected chi connectivity index (χ2v) is 24.7. The van der Waals surface area contributed by atoms with Crippen molar-refractivity contribution in [2.45, 2.75) is 51.4 Å². The van der Waals surface area contributed by atoms with Gasteiger partial charge in [0.05, 0.1) is 6.33 Å². The van der Waals surface area contributed by atoms with Crippen LogP contribution >= 0.6 is 0 Å². The second-order valence-electron chi connectivity index (χ2n) is 24.7. The summed E-state index contributed by atoms with van der Waals surface area (Å²) >= 11 is 0. The van der Waals surface area contributed by atoms with Crippen molar-refractivity contribution in [3.05, 3.63) is 385 Å². The fourth-order valence-electron chi connectivity index (χ4n) is 12.9. The number of aryl methyl sites for hydroxylation is 8. The molecule has 0 aliphatic rings. The fraction of sp³-hybridized carbons (Fsp3) is 0.0870. The normalized spacial score (nSPS) is 11.0. The third-order valence-electron chi connectivity index (χ3n) is 18.1. The average molecular weight is 1640 g/mol. The molecular formula is C92H66Ir2N6. The minimum atomic E-state index is 0. The zero-order valence-electron chi connectivity index (χ0n) is 54.9. The molecule has 0 aliphatic heterocycles. The van der Waals surface area contributed by atoms with E-state index in [0.29, 0.717) is 0 Å². The van der Waals surface area contributed by atoms with Crippen LogP contribution in [0.4, 0.5) is 0 Å². The van der Waals surface area contributed by atoms with Gasteiger partial charge in [0, 0.05) is 24.8 Å². The topological polar surface area (TPSA) is 77.3 Å². The SMILES string of the molecule is [Ir+3].[Ir+3].[c-]1cc(CCc2cc(CCc3c[c-]c(-c4ccccn4)cc3)cc(-c3ccccc3-c3c[c-]c(-c4cc(-c5[c-]cc(-c6ccccc6-c6cc(CCc7c[c-]c(-c8ccccn8)cc7)cc(CCc7c[c-]c(-c8ccccn8)cc7)c6)cc5)ncn4)cc3)c2)ccc1-c1ccccn1. The van der Waals surface area contributed by atoms with Gasteiger partial charge >= 0.3 is 40.2 Å². The Kier molecular flexibility index (Phi) is 22.1. The van der Waals surface area contributed by atoms with Crippen LogP contribution in [0.1, 0.15) is 44.5 Å². The first-order valence-corrected chi connectivity index (χ1v) is 33.5. The maximum atomic E-state index is 4.78. The Balaban J connectivity index is 0.00000448. The Labute approximate surface area is 613 Å². The Morgan fingerprint density at radius 3 is 0.720 bits per heavy atom. The minimum Gasteiger partial charge on any atom is -0.305 e. The van der Waals surface area contributed by atoms with Crippen LogP contribution < -0.4 is 0 Å². The van der Waals surface area contributed by atoms with Gasteiger partial charge in [-0.05, 0) is 129 Å². The summed E-state index contributed by atoms with van der Waals surface area (Å²) < 4.78 is 0. The molecule has 8 heteroatoms. The molecular weight excluding hydrogens is 1570 g/mol. The van der Waals surface area contributed by atoms with Crippen LogP contribution in [0.3, 0.4) is 0 Å². The van der Waals surface area contributed by atoms with E-state index in [1.807, 2.05) is 104 Å². The number of hydrogen-bond acceptors (Lipinski definition) is 6. The van der Waals surface area contributed by atoms with E-state index >= 15 is 0 Å². The standard InChI is InChI=1S/C92H66N6.2Ir/c1-3-15-85(81-59-69(25-21-65-29-37-75(38-30-65)87-17-5-9-53-93-87)57-70(60-81)26-22-66-31-39-76(40-32-66)88-18-6-10-54-94-88)83(13-1)73-45-49-79(50-46-73)91-63-92(98-64-97-91)80-51-47-74(48-52-80)84-14-2-4-16-86(84)82-61-71(27-23-67-33-41-77(42-34-67)89-19-7-11-55-95-89)58-72(62-82)28-24-68-35-43-78(44-36-68)90-20-8-12-56-96-90;;/h1-20,29-37,39,41,43,45-49,51,53-64H,21-28H2;;/q-6;2*+3. The molecule has 0 radical (unpaired) electrons. The Bertz CT molecular complexity index is 4600. The summed E-state index contributed by atoms with van der Waals surface area (Å²) in [5.41, 5.74) is 30.4. The van der Waals surface area contributed by atoms with Crippen molar-refractivity contribution < 1.29 is 40.2 Å². The third-order valence-corrected chi connectivity index (χ3v) is 18.1. The monoisotopic (exact) mass is 1640 g/mol. The van der Waals surface area contributed by atoms with Crippen molar-refractivity contribution in [3.8, 4) is 112 Å². The molecule has 482 valence electrons. The number of pyridine rings is 4. The smallest absolute Gasteiger partial charge is 0.305 e. The molecule has 0 amide bonds. The van der Waals surface area contributed by atoms with E-state index in [-0.39, 0.29) is 40.2 Å². The molecule has 10 aromatic carbocycles. The maximum absolute atomic E-state index is 4.78. The summed E-state index contributed by atoms with van der Waals surface area (Å²) in [5, 5.41) is 0. The predicted octanol–water partition coefficient (Wildman–Crippen LogP) is 20.7. The summed E-state index contributed by atoms with van der Waals surface area (Å²) in [5.74, 6) is 0. The molecule has 5 heterocycles. The van der Waals surface area contributed by atoms with Gasteiger partial charge in [0.15, 0.2) is 0 Å². The van der Waals surface area contributed by atoms with Gasteiger partial charge in [-0.2, -0.15) is 0 Å². The van der Waals surface area contributed by atoms with E-state index in [9.17, 15) is 0 Å². The first kappa shape index (κ1) is 67.7. The van der Waals surface area contributed by atoms with E-state index in [1.54, 1.807) is 6.33 Å². The van der Waals surface area contributed by atoms with Gasteiger partial charge in [0.1, 0.15) is 0 Å². The van der Waals surface area contributed by atoms with Crippen LogP contribution in [0.2, 0.25) is 0 Å². The number of aromatic nitrogens is 6. The molecule has 0 N–H and O–H groups in total. The van der Waals surface area contributed by atoms with Gasteiger partial charge in [-0.3, -0.25) is 9.97 Å². The third kappa shape index (κ3) is 16.7. The molecule has 100 heavy (non-hydrogen) atoms. The van der Waals surface area contributed by atoms with E-state index in [2.05, 4.69) is 250 Å². The first-order chi connectivity index (χ1) is 48.5. The summed E-state index contributed by atoms with van der Waals surface area (Å²) in [6, 6.07) is 118. The molecule has 0 fully saturated rings. The zero-order chi connectivity index (χ0) is 65.7. The predicted molar refractivity (Wildman–Crippen MR) is 396 cm³/mol. The molecule has 0 saturated carbocycles. The number of nitrogens with zero attached hydrogens (tertiary/aromatic N) is 6. The minimum absolute atomic E-state index is 0. The Morgan fingerprint density at radius 1 is 0.200 bits per heavy atom. The fourth-order valence-corrected chi connectivity index (χ4v) is 12.9. The van der Waals surface area contributed by atoms with E-state index in [4.69, 9.17) is 9.97 Å². The average Bonchev–Trinajstić information content (AvgIpc) is 0.805. The molecule has 0 spiro atoms. The maximum Gasteiger partial charge on any atom is 3.00 e. The second kappa shape index (κ2) is 32.7. The van der Waals surface area contributed by atoms with Gasteiger partial charge in [-0.15, -0.1) is 201 Å². The van der Waals surface area contributed by atoms with E-state index < -0.39 is 0 Å². The van der Waals surface area contributed by atoms with Gasteiger partial charge in [-0.1, -0.05) is 187 Å². The zero-order valence-corrected chi connectivity index (χ0v) is 59.7. The van der Waals surface area contributed by atoms with Crippen LogP contribution in [-0.4, -0.2) is 29.9 Å². The van der Waals surface area contributed by atoms with E-state index in [1.165, 1.54) is 66.8 Å². The van der Waals surface area contributed by atoms with Crippen LogP contribution in [-0.2, 0) is 91.6 Å². The first-order valence-electron chi connectivity index (χ1n) is 33.5. The van der Waals surface area contributed by atoms with Gasteiger partial charge in [-0.25, -0.2) is 0 Å². The van der Waals surface area contributed by atoms with Crippen LogP contribution in [0, 0.1) is 36.4 Å². The molecule has 0 bridgehead atoms. The molecule has 15 aromatic rings. The summed E-state index contributed by atoms with van der Waals surface area (Å²) in [6.07, 6.45) is 16.1. The summed E-state index contributed by atoms with van der Waals surface area (Å²) in [6.45, 7) is 0. The van der Waals surface area contributed by atoms with Gasteiger partial charge in [0.25, 0.3) is 0 Å².